The van der Waals surface area contributed by atoms with E-state index in [9.17, 15) is 4.79 Å². The van der Waals surface area contributed by atoms with Crippen LogP contribution in [0.4, 0.5) is 0 Å². The summed E-state index contributed by atoms with van der Waals surface area (Å²) in [6.45, 7) is 0.440. The summed E-state index contributed by atoms with van der Waals surface area (Å²) in [5, 5.41) is 0.810. The van der Waals surface area contributed by atoms with Crippen molar-refractivity contribution in [2.75, 3.05) is 27.0 Å². The number of ether oxygens (including phenoxy) is 2. The molecule has 7 heteroatoms. The second-order valence-corrected chi connectivity index (χ2v) is 7.48. The molecule has 0 spiro atoms. The smallest absolute Gasteiger partial charge is 0.233 e. The Bertz CT molecular complexity index is 973. The Hall–Kier alpha value is -2.93. The molecule has 6 nitrogen and oxygen atoms in total. The Morgan fingerprint density at radius 3 is 2.55 bits per heavy atom. The number of thioether (sulfide) groups is 1. The van der Waals surface area contributed by atoms with Crippen LogP contribution in [-0.4, -0.2) is 47.4 Å². The van der Waals surface area contributed by atoms with Crippen LogP contribution < -0.4 is 9.47 Å². The highest BCUT2D eigenvalue weighted by atomic mass is 32.2. The van der Waals surface area contributed by atoms with E-state index in [1.165, 1.54) is 11.8 Å². The molecule has 0 aliphatic heterocycles. The van der Waals surface area contributed by atoms with Crippen molar-refractivity contribution in [2.45, 2.75) is 11.7 Å². The van der Waals surface area contributed by atoms with Crippen molar-refractivity contribution in [3.63, 3.8) is 0 Å². The molecular weight excluding hydrogens is 386 g/mol. The second kappa shape index (κ2) is 9.52. The van der Waals surface area contributed by atoms with Crippen molar-refractivity contribution >= 4 is 17.7 Å². The van der Waals surface area contributed by atoms with Crippen LogP contribution in [0.2, 0.25) is 0 Å². The van der Waals surface area contributed by atoms with Crippen molar-refractivity contribution < 1.29 is 14.3 Å². The summed E-state index contributed by atoms with van der Waals surface area (Å²) in [6, 6.07) is 15.7. The molecule has 1 heterocycles. The Labute approximate surface area is 175 Å². The number of hydrogen-bond acceptors (Lipinski definition) is 5. The molecular formula is C22H25N3O3S. The molecule has 0 fully saturated rings. The minimum Gasteiger partial charge on any atom is -0.493 e. The number of nitrogens with zero attached hydrogens (tertiary/aromatic N) is 3. The third-order valence-electron chi connectivity index (χ3n) is 4.66. The van der Waals surface area contributed by atoms with Gasteiger partial charge in [-0.2, -0.15) is 0 Å². The molecule has 0 atom stereocenters. The average molecular weight is 412 g/mol. The van der Waals surface area contributed by atoms with Crippen LogP contribution in [0.15, 0.2) is 59.9 Å². The molecule has 0 N–H and O–H groups in total. The Balaban J connectivity index is 1.64. The molecule has 3 rings (SSSR count). The summed E-state index contributed by atoms with van der Waals surface area (Å²) in [5.41, 5.74) is 3.02. The van der Waals surface area contributed by atoms with E-state index in [4.69, 9.17) is 9.47 Å². The van der Waals surface area contributed by atoms with Gasteiger partial charge in [0.2, 0.25) is 5.91 Å². The van der Waals surface area contributed by atoms with Crippen LogP contribution in [0.5, 0.6) is 11.5 Å². The van der Waals surface area contributed by atoms with Gasteiger partial charge in [-0.1, -0.05) is 54.2 Å². The number of carbonyl (C=O) groups excluding carboxylic acids is 1. The topological polar surface area (TPSA) is 56.6 Å². The lowest BCUT2D eigenvalue weighted by Crippen LogP contribution is -2.28. The number of methoxy groups -OCH3 is 2. The van der Waals surface area contributed by atoms with Crippen molar-refractivity contribution in [1.29, 1.82) is 0 Å². The fourth-order valence-corrected chi connectivity index (χ4v) is 3.95. The van der Waals surface area contributed by atoms with Gasteiger partial charge in [0.15, 0.2) is 16.7 Å². The zero-order valence-corrected chi connectivity index (χ0v) is 17.9. The van der Waals surface area contributed by atoms with Gasteiger partial charge < -0.3 is 18.9 Å². The van der Waals surface area contributed by atoms with Crippen molar-refractivity contribution in [2.24, 2.45) is 7.05 Å². The summed E-state index contributed by atoms with van der Waals surface area (Å²) in [6.07, 6.45) is 1.84. The lowest BCUT2D eigenvalue weighted by Gasteiger charge is -2.19. The zero-order valence-electron chi connectivity index (χ0n) is 17.1. The quantitative estimate of drug-likeness (QED) is 0.527. The van der Waals surface area contributed by atoms with Crippen LogP contribution in [0, 0.1) is 0 Å². The molecule has 1 aromatic heterocycles. The van der Waals surface area contributed by atoms with Gasteiger partial charge in [0.1, 0.15) is 0 Å². The summed E-state index contributed by atoms with van der Waals surface area (Å²) in [5.74, 6) is 1.63. The minimum atomic E-state index is 0.0177. The molecule has 29 heavy (non-hydrogen) atoms. The zero-order chi connectivity index (χ0) is 20.8. The Kier molecular flexibility index (Phi) is 6.82. The first-order valence-electron chi connectivity index (χ1n) is 9.19. The summed E-state index contributed by atoms with van der Waals surface area (Å²) in [4.78, 5) is 18.8. The van der Waals surface area contributed by atoms with E-state index in [2.05, 4.69) is 4.98 Å². The lowest BCUT2D eigenvalue weighted by molar-refractivity contribution is -0.127. The molecule has 3 aromatic rings. The van der Waals surface area contributed by atoms with Crippen molar-refractivity contribution in [3.05, 3.63) is 60.3 Å². The first kappa shape index (κ1) is 20.8. The fraction of sp³-hybridized carbons (Fsp3) is 0.273. The van der Waals surface area contributed by atoms with E-state index in [1.54, 1.807) is 26.2 Å². The maximum absolute atomic E-state index is 12.7. The molecule has 0 saturated heterocycles. The third-order valence-corrected chi connectivity index (χ3v) is 5.69. The minimum absolute atomic E-state index is 0.0177. The van der Waals surface area contributed by atoms with Gasteiger partial charge in [-0.05, 0) is 11.6 Å². The maximum atomic E-state index is 12.7. The van der Waals surface area contributed by atoms with Crippen molar-refractivity contribution in [1.82, 2.24) is 14.5 Å². The van der Waals surface area contributed by atoms with Crippen LogP contribution >= 0.6 is 11.8 Å². The second-order valence-electron chi connectivity index (χ2n) is 6.54. The first-order valence-corrected chi connectivity index (χ1v) is 10.2. The lowest BCUT2D eigenvalue weighted by atomic mass is 10.1. The molecule has 0 unspecified atom stereocenters. The highest BCUT2D eigenvalue weighted by molar-refractivity contribution is 7.99. The van der Waals surface area contributed by atoms with Crippen LogP contribution in [0.3, 0.4) is 0 Å². The molecule has 0 saturated carbocycles. The normalized spacial score (nSPS) is 10.6. The fourth-order valence-electron chi connectivity index (χ4n) is 3.06. The summed E-state index contributed by atoms with van der Waals surface area (Å²) >= 11 is 1.43. The average Bonchev–Trinajstić information content (AvgIpc) is 3.12. The Morgan fingerprint density at radius 1 is 1.10 bits per heavy atom. The molecule has 152 valence electrons. The van der Waals surface area contributed by atoms with Gasteiger partial charge in [-0.25, -0.2) is 4.98 Å². The maximum Gasteiger partial charge on any atom is 0.233 e. The highest BCUT2D eigenvalue weighted by Crippen LogP contribution is 2.31. The van der Waals surface area contributed by atoms with E-state index >= 15 is 0 Å². The van der Waals surface area contributed by atoms with Gasteiger partial charge in [-0.15, -0.1) is 0 Å². The highest BCUT2D eigenvalue weighted by Gasteiger charge is 2.17. The van der Waals surface area contributed by atoms with E-state index < -0.39 is 0 Å². The number of carbonyl (C=O) groups is 1. The standard InChI is InChI=1S/C22H25N3O3S/c1-24(14-17-11-8-12-19(27-3)21(17)28-4)20(26)15-29-22-23-13-18(25(22)2)16-9-6-5-7-10-16/h5-13H,14-15H2,1-4H3. The monoisotopic (exact) mass is 411 g/mol. The largest absolute Gasteiger partial charge is 0.493 e. The number of hydrogen-bond donors (Lipinski definition) is 0. The SMILES string of the molecule is COc1cccc(CN(C)C(=O)CSc2ncc(-c3ccccc3)n2C)c1OC. The van der Waals surface area contributed by atoms with E-state index in [0.29, 0.717) is 23.8 Å². The first-order chi connectivity index (χ1) is 14.0. The number of benzene rings is 2. The van der Waals surface area contributed by atoms with Gasteiger partial charge in [0.25, 0.3) is 0 Å². The van der Waals surface area contributed by atoms with Crippen LogP contribution in [-0.2, 0) is 18.4 Å². The summed E-state index contributed by atoms with van der Waals surface area (Å²) in [7, 11) is 6.96. The number of para-hydroxylation sites is 1. The van der Waals surface area contributed by atoms with E-state index in [-0.39, 0.29) is 5.91 Å². The number of aromatic nitrogens is 2. The molecule has 2 aromatic carbocycles. The molecule has 0 aliphatic rings. The number of amides is 1. The van der Waals surface area contributed by atoms with Crippen LogP contribution in [0.25, 0.3) is 11.3 Å². The Morgan fingerprint density at radius 2 is 1.86 bits per heavy atom. The molecule has 1 amide bonds. The molecule has 0 radical (unpaired) electrons. The molecule has 0 aliphatic carbocycles. The number of imidazole rings is 1. The van der Waals surface area contributed by atoms with E-state index in [0.717, 1.165) is 22.0 Å². The van der Waals surface area contributed by atoms with Gasteiger partial charge in [0, 0.05) is 26.2 Å². The summed E-state index contributed by atoms with van der Waals surface area (Å²) < 4.78 is 12.8. The van der Waals surface area contributed by atoms with Gasteiger partial charge >= 0.3 is 0 Å². The number of rotatable bonds is 8. The predicted octanol–water partition coefficient (Wildman–Crippen LogP) is 3.86. The predicted molar refractivity (Wildman–Crippen MR) is 115 cm³/mol. The molecule has 0 bridgehead atoms. The third kappa shape index (κ3) is 4.74. The van der Waals surface area contributed by atoms with Crippen molar-refractivity contribution in [3.8, 4) is 22.8 Å². The van der Waals surface area contributed by atoms with Gasteiger partial charge in [0.05, 0.1) is 31.9 Å². The van der Waals surface area contributed by atoms with Crippen LogP contribution in [0.1, 0.15) is 5.56 Å². The van der Waals surface area contributed by atoms with Gasteiger partial charge in [-0.3, -0.25) is 4.79 Å². The van der Waals surface area contributed by atoms with E-state index in [1.807, 2.05) is 66.3 Å².